The predicted molar refractivity (Wildman–Crippen MR) is 54.9 cm³/mol. The molecule has 2 aromatic heterocycles. The summed E-state index contributed by atoms with van der Waals surface area (Å²) in [6.07, 6.45) is 1.33. The summed E-state index contributed by atoms with van der Waals surface area (Å²) in [5.41, 5.74) is 4.39. The van der Waals surface area contributed by atoms with Gasteiger partial charge in [-0.3, -0.25) is 14.3 Å². The first-order valence-corrected chi connectivity index (χ1v) is 4.72. The second-order valence-corrected chi connectivity index (χ2v) is 3.59. The minimum Gasteiger partial charge on any atom is -0.393 e. The number of nitrogens with zero attached hydrogens (tertiary/aromatic N) is 1. The number of hydrogen-bond acceptors (Lipinski definition) is 4. The van der Waals surface area contributed by atoms with Crippen molar-refractivity contribution in [1.29, 1.82) is 0 Å². The van der Waals surface area contributed by atoms with E-state index in [-0.39, 0.29) is 5.69 Å². The molecule has 2 aromatic rings. The van der Waals surface area contributed by atoms with Gasteiger partial charge in [-0.1, -0.05) is 0 Å². The number of nitrogens with one attached hydrogen (secondary N) is 1. The molecule has 2 heterocycles. The highest BCUT2D eigenvalue weighted by Gasteiger charge is 2.03. The van der Waals surface area contributed by atoms with Gasteiger partial charge in [-0.2, -0.15) is 0 Å². The van der Waals surface area contributed by atoms with Crippen LogP contribution in [0.25, 0.3) is 5.00 Å². The summed E-state index contributed by atoms with van der Waals surface area (Å²) in [7, 11) is 0. The van der Waals surface area contributed by atoms with Crippen molar-refractivity contribution in [2.24, 2.45) is 0 Å². The van der Waals surface area contributed by atoms with E-state index in [1.54, 1.807) is 6.07 Å². The van der Waals surface area contributed by atoms with Crippen LogP contribution in [0.15, 0.2) is 33.3 Å². The fraction of sp³-hybridized carbons (Fsp3) is 0. The molecule has 14 heavy (non-hydrogen) atoms. The first kappa shape index (κ1) is 8.76. The molecule has 0 bridgehead atoms. The van der Waals surface area contributed by atoms with Crippen molar-refractivity contribution < 1.29 is 0 Å². The molecule has 0 amide bonds. The van der Waals surface area contributed by atoms with Crippen LogP contribution in [0.2, 0.25) is 0 Å². The predicted octanol–water partition coefficient (Wildman–Crippen LogP) is 0.170. The normalized spacial score (nSPS) is 10.3. The number of nitrogen functional groups attached to an aromatic ring is 1. The number of nitrogens with two attached hydrogens (primary N) is 1. The van der Waals surface area contributed by atoms with Crippen LogP contribution in [0, 0.1) is 0 Å². The third kappa shape index (κ3) is 1.35. The van der Waals surface area contributed by atoms with Crippen molar-refractivity contribution in [3.05, 3.63) is 44.5 Å². The maximum Gasteiger partial charge on any atom is 0.333 e. The van der Waals surface area contributed by atoms with E-state index in [9.17, 15) is 9.59 Å². The number of aromatic amines is 1. The Morgan fingerprint density at radius 3 is 2.86 bits per heavy atom. The van der Waals surface area contributed by atoms with Crippen LogP contribution in [0.4, 0.5) is 5.69 Å². The Morgan fingerprint density at radius 1 is 1.43 bits per heavy atom. The summed E-state index contributed by atoms with van der Waals surface area (Å²) >= 11 is 1.39. The van der Waals surface area contributed by atoms with Gasteiger partial charge in [0.1, 0.15) is 10.7 Å². The molecule has 6 heteroatoms. The van der Waals surface area contributed by atoms with Crippen LogP contribution in [-0.2, 0) is 0 Å². The summed E-state index contributed by atoms with van der Waals surface area (Å²) in [5, 5.41) is 2.56. The molecule has 0 spiro atoms. The van der Waals surface area contributed by atoms with E-state index in [4.69, 9.17) is 5.73 Å². The summed E-state index contributed by atoms with van der Waals surface area (Å²) in [6, 6.07) is 3.58. The minimum absolute atomic E-state index is 0.0259. The van der Waals surface area contributed by atoms with Gasteiger partial charge in [-0.25, -0.2) is 4.79 Å². The van der Waals surface area contributed by atoms with Crippen LogP contribution < -0.4 is 17.0 Å². The zero-order valence-electron chi connectivity index (χ0n) is 7.06. The molecule has 2 rings (SSSR count). The van der Waals surface area contributed by atoms with Gasteiger partial charge >= 0.3 is 5.69 Å². The van der Waals surface area contributed by atoms with Crippen molar-refractivity contribution >= 4 is 17.0 Å². The third-order valence-corrected chi connectivity index (χ3v) is 2.58. The number of anilines is 1. The molecule has 5 nitrogen and oxygen atoms in total. The number of H-pyrrole nitrogens is 1. The molecular formula is C8H7N3O2S. The lowest BCUT2D eigenvalue weighted by molar-refractivity contribution is 0.915. The number of thiophene rings is 1. The largest absolute Gasteiger partial charge is 0.393 e. The van der Waals surface area contributed by atoms with Crippen LogP contribution >= 0.6 is 11.3 Å². The van der Waals surface area contributed by atoms with Crippen molar-refractivity contribution in [1.82, 2.24) is 9.55 Å². The lowest BCUT2D eigenvalue weighted by Crippen LogP contribution is -2.29. The Hall–Kier alpha value is -1.82. The summed E-state index contributed by atoms with van der Waals surface area (Å²) < 4.78 is 1.31. The topological polar surface area (TPSA) is 80.9 Å². The molecule has 0 radical (unpaired) electrons. The first-order chi connectivity index (χ1) is 6.68. The van der Waals surface area contributed by atoms with Crippen LogP contribution in [0.5, 0.6) is 0 Å². The average Bonchev–Trinajstić information content (AvgIpc) is 2.64. The standard InChI is InChI=1S/C8H7N3O2S/c9-5-4-11(6-2-1-3-14-6)8(13)10-7(5)12/h1-4H,9H2,(H,10,12,13). The van der Waals surface area contributed by atoms with Crippen molar-refractivity contribution in [2.75, 3.05) is 5.73 Å². The van der Waals surface area contributed by atoms with Gasteiger partial charge in [0.15, 0.2) is 0 Å². The second-order valence-electron chi connectivity index (χ2n) is 2.67. The molecule has 0 aliphatic rings. The molecule has 0 saturated heterocycles. The molecule has 72 valence electrons. The van der Waals surface area contributed by atoms with Gasteiger partial charge in [0.25, 0.3) is 5.56 Å². The van der Waals surface area contributed by atoms with Crippen LogP contribution in [0.1, 0.15) is 0 Å². The molecule has 0 aliphatic heterocycles. The number of aromatic nitrogens is 2. The van der Waals surface area contributed by atoms with E-state index < -0.39 is 11.2 Å². The van der Waals surface area contributed by atoms with Gasteiger partial charge in [0, 0.05) is 6.20 Å². The van der Waals surface area contributed by atoms with E-state index in [1.807, 2.05) is 11.4 Å². The Bertz CT molecular complexity index is 553. The van der Waals surface area contributed by atoms with E-state index >= 15 is 0 Å². The highest BCUT2D eigenvalue weighted by atomic mass is 32.1. The van der Waals surface area contributed by atoms with Gasteiger partial charge < -0.3 is 5.73 Å². The quantitative estimate of drug-likeness (QED) is 0.702. The maximum atomic E-state index is 11.3. The molecule has 0 unspecified atom stereocenters. The van der Waals surface area contributed by atoms with E-state index in [1.165, 1.54) is 22.1 Å². The molecule has 3 N–H and O–H groups in total. The molecule has 0 aromatic carbocycles. The molecule has 0 fully saturated rings. The monoisotopic (exact) mass is 209 g/mol. The van der Waals surface area contributed by atoms with Gasteiger partial charge in [0.05, 0.1) is 0 Å². The fourth-order valence-corrected chi connectivity index (χ4v) is 1.76. The van der Waals surface area contributed by atoms with E-state index in [2.05, 4.69) is 4.98 Å². The lowest BCUT2D eigenvalue weighted by Gasteiger charge is -2.01. The zero-order valence-corrected chi connectivity index (χ0v) is 7.88. The van der Waals surface area contributed by atoms with Gasteiger partial charge in [0.2, 0.25) is 0 Å². The lowest BCUT2D eigenvalue weighted by atomic mass is 10.5. The summed E-state index contributed by atoms with van der Waals surface area (Å²) in [5.74, 6) is 0. The molecular weight excluding hydrogens is 202 g/mol. The Kier molecular flexibility index (Phi) is 1.97. The Labute approximate surface area is 82.4 Å². The van der Waals surface area contributed by atoms with Crippen LogP contribution in [-0.4, -0.2) is 9.55 Å². The summed E-state index contributed by atoms with van der Waals surface area (Å²) in [6.45, 7) is 0. The second kappa shape index (κ2) is 3.15. The van der Waals surface area contributed by atoms with E-state index in [0.717, 1.165) is 5.00 Å². The van der Waals surface area contributed by atoms with Gasteiger partial charge in [-0.05, 0) is 17.5 Å². The molecule has 0 aliphatic carbocycles. The Morgan fingerprint density at radius 2 is 2.21 bits per heavy atom. The number of hydrogen-bond donors (Lipinski definition) is 2. The summed E-state index contributed by atoms with van der Waals surface area (Å²) in [4.78, 5) is 24.4. The van der Waals surface area contributed by atoms with Crippen LogP contribution in [0.3, 0.4) is 0 Å². The first-order valence-electron chi connectivity index (χ1n) is 3.84. The zero-order chi connectivity index (χ0) is 10.1. The SMILES string of the molecule is Nc1cn(-c2cccs2)c(=O)[nH]c1=O. The smallest absolute Gasteiger partial charge is 0.333 e. The third-order valence-electron chi connectivity index (χ3n) is 1.71. The van der Waals surface area contributed by atoms with Gasteiger partial charge in [-0.15, -0.1) is 11.3 Å². The average molecular weight is 209 g/mol. The highest BCUT2D eigenvalue weighted by Crippen LogP contribution is 2.12. The Balaban J connectivity index is 2.72. The van der Waals surface area contributed by atoms with E-state index in [0.29, 0.717) is 0 Å². The number of rotatable bonds is 1. The van der Waals surface area contributed by atoms with Crippen molar-refractivity contribution in [3.63, 3.8) is 0 Å². The van der Waals surface area contributed by atoms with Crippen molar-refractivity contribution in [3.8, 4) is 5.00 Å². The highest BCUT2D eigenvalue weighted by molar-refractivity contribution is 7.12. The molecule has 0 saturated carbocycles. The fourth-order valence-electron chi connectivity index (χ4n) is 1.06. The molecule has 0 atom stereocenters. The maximum absolute atomic E-state index is 11.3. The minimum atomic E-state index is -0.553. The van der Waals surface area contributed by atoms with Crippen molar-refractivity contribution in [2.45, 2.75) is 0 Å².